The molecular weight excluding hydrogens is 409 g/mol. The van der Waals surface area contributed by atoms with E-state index >= 15 is 0 Å². The van der Waals surface area contributed by atoms with E-state index in [9.17, 15) is 17.6 Å². The van der Waals surface area contributed by atoms with Gasteiger partial charge in [0.05, 0.1) is 17.2 Å². The summed E-state index contributed by atoms with van der Waals surface area (Å²) < 4.78 is 46.6. The van der Waals surface area contributed by atoms with Crippen LogP contribution in [0.25, 0.3) is 0 Å². The van der Waals surface area contributed by atoms with Gasteiger partial charge in [-0.15, -0.1) is 0 Å². The fraction of sp³-hybridized carbons (Fsp3) is 0.381. The maximum atomic E-state index is 14.5. The van der Waals surface area contributed by atoms with Gasteiger partial charge in [0.15, 0.2) is 0 Å². The van der Waals surface area contributed by atoms with Crippen molar-refractivity contribution in [3.8, 4) is 0 Å². The van der Waals surface area contributed by atoms with Gasteiger partial charge in [0, 0.05) is 38.0 Å². The molecule has 1 aliphatic rings. The Morgan fingerprint density at radius 2 is 1.90 bits per heavy atom. The fourth-order valence-electron chi connectivity index (χ4n) is 3.37. The fourth-order valence-corrected chi connectivity index (χ4v) is 4.41. The summed E-state index contributed by atoms with van der Waals surface area (Å²) in [6.45, 7) is 3.71. The first kappa shape index (κ1) is 22.2. The number of halogens is 1. The molecule has 1 saturated heterocycles. The van der Waals surface area contributed by atoms with E-state index in [0.29, 0.717) is 16.9 Å². The Bertz CT molecular complexity index is 1020. The van der Waals surface area contributed by atoms with Crippen LogP contribution in [-0.4, -0.2) is 47.7 Å². The predicted molar refractivity (Wildman–Crippen MR) is 114 cm³/mol. The van der Waals surface area contributed by atoms with Gasteiger partial charge in [0.1, 0.15) is 5.82 Å². The second-order valence-electron chi connectivity index (χ2n) is 7.18. The van der Waals surface area contributed by atoms with Crippen molar-refractivity contribution >= 4 is 27.3 Å². The van der Waals surface area contributed by atoms with Crippen LogP contribution in [0, 0.1) is 12.7 Å². The molecule has 1 amide bonds. The maximum Gasteiger partial charge on any atom is 0.255 e. The van der Waals surface area contributed by atoms with Crippen molar-refractivity contribution in [1.82, 2.24) is 4.72 Å². The number of nitrogens with zero attached hydrogens (tertiary/aromatic N) is 1. The number of benzene rings is 2. The molecule has 30 heavy (non-hydrogen) atoms. The average Bonchev–Trinajstić information content (AvgIpc) is 3.22. The van der Waals surface area contributed by atoms with E-state index in [-0.39, 0.29) is 23.6 Å². The lowest BCUT2D eigenvalue weighted by molar-refractivity contribution is 0.102. The first-order chi connectivity index (χ1) is 14.3. The lowest BCUT2D eigenvalue weighted by Gasteiger charge is -2.19. The molecule has 0 unspecified atom stereocenters. The average molecular weight is 436 g/mol. The molecule has 0 aromatic heterocycles. The summed E-state index contributed by atoms with van der Waals surface area (Å²) in [6.07, 6.45) is 2.08. The Balaban J connectivity index is 1.77. The highest BCUT2D eigenvalue weighted by Gasteiger charge is 2.19. The summed E-state index contributed by atoms with van der Waals surface area (Å²) >= 11 is 0. The van der Waals surface area contributed by atoms with Crippen LogP contribution < -0.4 is 14.9 Å². The standard InChI is InChI=1S/C21H26FN3O4S/c1-15-5-7-17(30(27,28)23-9-12-29-2)14-18(15)21(26)24-16-6-8-20(19(22)13-16)25-10-3-4-11-25/h5-8,13-14,23H,3-4,9-12H2,1-2H3,(H,24,26). The van der Waals surface area contributed by atoms with Gasteiger partial charge in [-0.3, -0.25) is 4.79 Å². The molecule has 7 nitrogen and oxygen atoms in total. The molecule has 0 radical (unpaired) electrons. The lowest BCUT2D eigenvalue weighted by atomic mass is 10.1. The number of aryl methyl sites for hydroxylation is 1. The Kier molecular flexibility index (Phi) is 7.06. The first-order valence-electron chi connectivity index (χ1n) is 9.77. The molecule has 1 fully saturated rings. The van der Waals surface area contributed by atoms with Crippen LogP contribution in [0.5, 0.6) is 0 Å². The van der Waals surface area contributed by atoms with E-state index in [1.165, 1.54) is 25.3 Å². The minimum Gasteiger partial charge on any atom is -0.383 e. The zero-order valence-corrected chi connectivity index (χ0v) is 17.9. The molecular formula is C21H26FN3O4S. The summed E-state index contributed by atoms with van der Waals surface area (Å²) in [5.74, 6) is -0.903. The molecule has 9 heteroatoms. The number of ether oxygens (including phenoxy) is 1. The largest absolute Gasteiger partial charge is 0.383 e. The lowest BCUT2D eigenvalue weighted by Crippen LogP contribution is -2.27. The molecule has 0 saturated carbocycles. The number of carbonyl (C=O) groups is 1. The molecule has 1 aliphatic heterocycles. The van der Waals surface area contributed by atoms with E-state index in [4.69, 9.17) is 4.74 Å². The third-order valence-corrected chi connectivity index (χ3v) is 6.47. The number of anilines is 2. The van der Waals surface area contributed by atoms with Gasteiger partial charge in [-0.1, -0.05) is 6.07 Å². The monoisotopic (exact) mass is 435 g/mol. The Morgan fingerprint density at radius 1 is 1.17 bits per heavy atom. The van der Waals surface area contributed by atoms with Crippen LogP contribution in [0.2, 0.25) is 0 Å². The SMILES string of the molecule is COCCNS(=O)(=O)c1ccc(C)c(C(=O)Nc2ccc(N3CCCC3)c(F)c2)c1. The predicted octanol–water partition coefficient (Wildman–Crippen LogP) is 2.91. The Morgan fingerprint density at radius 3 is 2.57 bits per heavy atom. The van der Waals surface area contributed by atoms with Crippen LogP contribution in [0.15, 0.2) is 41.3 Å². The number of rotatable bonds is 8. The van der Waals surface area contributed by atoms with Crippen LogP contribution in [-0.2, 0) is 14.8 Å². The Labute approximate surface area is 176 Å². The van der Waals surface area contributed by atoms with E-state index in [1.54, 1.807) is 25.1 Å². The zero-order chi connectivity index (χ0) is 21.7. The minimum atomic E-state index is -3.78. The molecule has 2 N–H and O–H groups in total. The molecule has 2 aromatic rings. The van der Waals surface area contributed by atoms with Crippen molar-refractivity contribution in [3.63, 3.8) is 0 Å². The number of amides is 1. The molecule has 0 aliphatic carbocycles. The maximum absolute atomic E-state index is 14.5. The quantitative estimate of drug-likeness (QED) is 0.623. The second-order valence-corrected chi connectivity index (χ2v) is 8.95. The van der Waals surface area contributed by atoms with Crippen molar-refractivity contribution in [3.05, 3.63) is 53.3 Å². The summed E-state index contributed by atoms with van der Waals surface area (Å²) in [5, 5.41) is 2.66. The van der Waals surface area contributed by atoms with Gasteiger partial charge in [-0.05, 0) is 55.7 Å². The number of sulfonamides is 1. The number of hydrogen-bond acceptors (Lipinski definition) is 5. The molecule has 1 heterocycles. The van der Waals surface area contributed by atoms with Crippen LogP contribution >= 0.6 is 0 Å². The highest BCUT2D eigenvalue weighted by Crippen LogP contribution is 2.26. The van der Waals surface area contributed by atoms with Gasteiger partial charge in [-0.2, -0.15) is 0 Å². The number of carbonyl (C=O) groups excluding carboxylic acids is 1. The normalized spacial score (nSPS) is 14.2. The summed E-state index contributed by atoms with van der Waals surface area (Å²) in [5.41, 5.74) is 1.65. The van der Waals surface area contributed by atoms with Gasteiger partial charge >= 0.3 is 0 Å². The number of hydrogen-bond donors (Lipinski definition) is 2. The third-order valence-electron chi connectivity index (χ3n) is 5.01. The first-order valence-corrected chi connectivity index (χ1v) is 11.3. The van der Waals surface area contributed by atoms with Crippen molar-refractivity contribution in [2.24, 2.45) is 0 Å². The highest BCUT2D eigenvalue weighted by molar-refractivity contribution is 7.89. The van der Waals surface area contributed by atoms with Crippen LogP contribution in [0.4, 0.5) is 15.8 Å². The van der Waals surface area contributed by atoms with E-state index in [0.717, 1.165) is 25.9 Å². The summed E-state index contributed by atoms with van der Waals surface area (Å²) in [4.78, 5) is 14.7. The number of nitrogens with one attached hydrogen (secondary N) is 2. The smallest absolute Gasteiger partial charge is 0.255 e. The van der Waals surface area contributed by atoms with Crippen molar-refractivity contribution in [1.29, 1.82) is 0 Å². The molecule has 0 spiro atoms. The molecule has 162 valence electrons. The number of methoxy groups -OCH3 is 1. The minimum absolute atomic E-state index is 0.0232. The van der Waals surface area contributed by atoms with E-state index < -0.39 is 21.7 Å². The molecule has 2 aromatic carbocycles. The zero-order valence-electron chi connectivity index (χ0n) is 17.1. The summed E-state index contributed by atoms with van der Waals surface area (Å²) in [7, 11) is -2.30. The van der Waals surface area contributed by atoms with Gasteiger partial charge < -0.3 is 15.0 Å². The highest BCUT2D eigenvalue weighted by atomic mass is 32.2. The third kappa shape index (κ3) is 5.16. The van der Waals surface area contributed by atoms with Gasteiger partial charge in [0.25, 0.3) is 5.91 Å². The van der Waals surface area contributed by atoms with Crippen molar-refractivity contribution in [2.45, 2.75) is 24.7 Å². The Hall–Kier alpha value is -2.49. The second kappa shape index (κ2) is 9.55. The van der Waals surface area contributed by atoms with Gasteiger partial charge in [0.2, 0.25) is 10.0 Å². The van der Waals surface area contributed by atoms with E-state index in [1.807, 2.05) is 4.90 Å². The molecule has 3 rings (SSSR count). The summed E-state index contributed by atoms with van der Waals surface area (Å²) in [6, 6.07) is 8.91. The van der Waals surface area contributed by atoms with Crippen LogP contribution in [0.3, 0.4) is 0 Å². The van der Waals surface area contributed by atoms with Gasteiger partial charge in [-0.25, -0.2) is 17.5 Å². The molecule has 0 bridgehead atoms. The van der Waals surface area contributed by atoms with Crippen molar-refractivity contribution in [2.75, 3.05) is 43.6 Å². The van der Waals surface area contributed by atoms with Crippen molar-refractivity contribution < 1.29 is 22.3 Å². The van der Waals surface area contributed by atoms with Crippen LogP contribution in [0.1, 0.15) is 28.8 Å². The topological polar surface area (TPSA) is 87.7 Å². The molecule has 0 atom stereocenters. The van der Waals surface area contributed by atoms with E-state index in [2.05, 4.69) is 10.0 Å².